The summed E-state index contributed by atoms with van der Waals surface area (Å²) in [6.45, 7) is 7.28. The number of nitrogens with zero attached hydrogens (tertiary/aromatic N) is 5. The minimum atomic E-state index is -0.178. The molecule has 8 nitrogen and oxygen atoms in total. The summed E-state index contributed by atoms with van der Waals surface area (Å²) in [5.74, 6) is 0.648. The highest BCUT2D eigenvalue weighted by Crippen LogP contribution is 2.30. The van der Waals surface area contributed by atoms with E-state index < -0.39 is 0 Å². The summed E-state index contributed by atoms with van der Waals surface area (Å²) < 4.78 is 7.76. The van der Waals surface area contributed by atoms with Crippen LogP contribution in [0.15, 0.2) is 18.5 Å². The van der Waals surface area contributed by atoms with Gasteiger partial charge in [0, 0.05) is 33.4 Å². The molecule has 0 saturated carbocycles. The number of anilines is 1. The van der Waals surface area contributed by atoms with E-state index in [1.54, 1.807) is 36.0 Å². The van der Waals surface area contributed by atoms with Crippen molar-refractivity contribution in [2.45, 2.75) is 53.0 Å². The van der Waals surface area contributed by atoms with Crippen molar-refractivity contribution in [2.24, 2.45) is 0 Å². The molecule has 0 aliphatic heterocycles. The zero-order valence-electron chi connectivity index (χ0n) is 18.0. The molecule has 0 aliphatic carbocycles. The van der Waals surface area contributed by atoms with Gasteiger partial charge in [-0.25, -0.2) is 0 Å². The lowest BCUT2D eigenvalue weighted by molar-refractivity contribution is -0.107. The third-order valence-electron chi connectivity index (χ3n) is 4.60. The maximum atomic E-state index is 13.3. The van der Waals surface area contributed by atoms with Crippen molar-refractivity contribution in [1.82, 2.24) is 19.4 Å². The van der Waals surface area contributed by atoms with E-state index >= 15 is 0 Å². The van der Waals surface area contributed by atoms with Crippen molar-refractivity contribution in [3.63, 3.8) is 0 Å². The Hall–Kier alpha value is -2.90. The van der Waals surface area contributed by atoms with Gasteiger partial charge in [-0.15, -0.1) is 0 Å². The SMILES string of the molecule is CCCCN(C)C(=O)c1c(N(C)C=O)nc(Oc2cncc(C)c2)n1CCCC. The van der Waals surface area contributed by atoms with Crippen LogP contribution < -0.4 is 9.64 Å². The molecule has 0 radical (unpaired) electrons. The first-order valence-electron chi connectivity index (χ1n) is 10.1. The average molecular weight is 402 g/mol. The van der Waals surface area contributed by atoms with E-state index in [0.29, 0.717) is 36.8 Å². The number of amides is 2. The molecule has 0 aromatic carbocycles. The third-order valence-corrected chi connectivity index (χ3v) is 4.60. The number of carbonyl (C=O) groups excluding carboxylic acids is 2. The molecule has 2 rings (SSSR count). The fourth-order valence-corrected chi connectivity index (χ4v) is 2.89. The van der Waals surface area contributed by atoms with Gasteiger partial charge < -0.3 is 14.5 Å². The lowest BCUT2D eigenvalue weighted by Crippen LogP contribution is -2.31. The van der Waals surface area contributed by atoms with Crippen molar-refractivity contribution < 1.29 is 14.3 Å². The standard InChI is InChI=1S/C21H31N5O3/c1-6-8-10-24(4)20(28)18-19(25(5)15-27)23-21(26(18)11-9-7-2)29-17-12-16(3)13-22-14-17/h12-15H,6-11H2,1-5H3. The Kier molecular flexibility index (Phi) is 8.18. The van der Waals surface area contributed by atoms with Gasteiger partial charge in [0.2, 0.25) is 6.41 Å². The van der Waals surface area contributed by atoms with Crippen LogP contribution in [0.4, 0.5) is 5.82 Å². The first-order chi connectivity index (χ1) is 13.9. The van der Waals surface area contributed by atoms with E-state index in [-0.39, 0.29) is 11.9 Å². The summed E-state index contributed by atoms with van der Waals surface area (Å²) in [6.07, 6.45) is 7.67. The van der Waals surface area contributed by atoms with Gasteiger partial charge in [0.05, 0.1) is 6.20 Å². The molecule has 2 aromatic heterocycles. The minimum absolute atomic E-state index is 0.178. The van der Waals surface area contributed by atoms with Gasteiger partial charge in [0.15, 0.2) is 11.5 Å². The van der Waals surface area contributed by atoms with Crippen LogP contribution in [0.3, 0.4) is 0 Å². The van der Waals surface area contributed by atoms with Gasteiger partial charge in [-0.05, 0) is 31.4 Å². The third kappa shape index (κ3) is 5.56. The van der Waals surface area contributed by atoms with E-state index in [1.807, 2.05) is 13.0 Å². The number of imidazole rings is 1. The summed E-state index contributed by atoms with van der Waals surface area (Å²) >= 11 is 0. The molecule has 0 N–H and O–H groups in total. The number of unbranched alkanes of at least 4 members (excludes halogenated alkanes) is 2. The van der Waals surface area contributed by atoms with Crippen LogP contribution in [0.25, 0.3) is 0 Å². The van der Waals surface area contributed by atoms with Gasteiger partial charge in [-0.1, -0.05) is 26.7 Å². The van der Waals surface area contributed by atoms with Crippen molar-refractivity contribution in [2.75, 3.05) is 25.5 Å². The summed E-state index contributed by atoms with van der Waals surface area (Å²) in [5.41, 5.74) is 1.32. The zero-order valence-corrected chi connectivity index (χ0v) is 18.0. The summed E-state index contributed by atoms with van der Waals surface area (Å²) in [7, 11) is 3.35. The van der Waals surface area contributed by atoms with Crippen LogP contribution in [0.5, 0.6) is 11.8 Å². The normalized spacial score (nSPS) is 10.7. The van der Waals surface area contributed by atoms with E-state index in [9.17, 15) is 9.59 Å². The van der Waals surface area contributed by atoms with Crippen LogP contribution in [0.1, 0.15) is 55.6 Å². The van der Waals surface area contributed by atoms with Crippen molar-refractivity contribution in [3.8, 4) is 11.8 Å². The zero-order chi connectivity index (χ0) is 21.4. The number of ether oxygens (including phenoxy) is 1. The minimum Gasteiger partial charge on any atom is -0.424 e. The predicted molar refractivity (Wildman–Crippen MR) is 113 cm³/mol. The lowest BCUT2D eigenvalue weighted by Gasteiger charge is -2.20. The van der Waals surface area contributed by atoms with Crippen LogP contribution in [-0.4, -0.2) is 52.4 Å². The topological polar surface area (TPSA) is 80.6 Å². The van der Waals surface area contributed by atoms with E-state index in [0.717, 1.165) is 31.2 Å². The Labute approximate surface area is 172 Å². The van der Waals surface area contributed by atoms with Crippen molar-refractivity contribution >= 4 is 18.1 Å². The van der Waals surface area contributed by atoms with E-state index in [1.165, 1.54) is 4.90 Å². The average Bonchev–Trinajstić information content (AvgIpc) is 3.07. The Morgan fingerprint density at radius 1 is 1.21 bits per heavy atom. The Morgan fingerprint density at radius 2 is 1.93 bits per heavy atom. The number of rotatable bonds is 11. The number of aromatic nitrogens is 3. The molecule has 0 unspecified atom stereocenters. The number of hydrogen-bond acceptors (Lipinski definition) is 5. The summed E-state index contributed by atoms with van der Waals surface area (Å²) in [6, 6.07) is 2.13. The number of aryl methyl sites for hydroxylation is 1. The van der Waals surface area contributed by atoms with Gasteiger partial charge in [0.1, 0.15) is 5.75 Å². The van der Waals surface area contributed by atoms with Crippen LogP contribution in [0, 0.1) is 6.92 Å². The first kappa shape index (κ1) is 22.4. The molecular weight excluding hydrogens is 370 g/mol. The highest BCUT2D eigenvalue weighted by molar-refractivity contribution is 5.99. The first-order valence-corrected chi connectivity index (χ1v) is 10.1. The summed E-state index contributed by atoms with van der Waals surface area (Å²) in [4.78, 5) is 36.3. The maximum Gasteiger partial charge on any atom is 0.304 e. The molecule has 0 spiro atoms. The van der Waals surface area contributed by atoms with Crippen molar-refractivity contribution in [3.05, 3.63) is 29.7 Å². The second-order valence-electron chi connectivity index (χ2n) is 7.17. The highest BCUT2D eigenvalue weighted by Gasteiger charge is 2.28. The van der Waals surface area contributed by atoms with Crippen molar-refractivity contribution in [1.29, 1.82) is 0 Å². The molecule has 158 valence electrons. The van der Waals surface area contributed by atoms with Crippen LogP contribution >= 0.6 is 0 Å². The Morgan fingerprint density at radius 3 is 2.55 bits per heavy atom. The molecule has 2 heterocycles. The molecule has 0 fully saturated rings. The molecular formula is C21H31N5O3. The molecule has 0 saturated heterocycles. The molecule has 2 aromatic rings. The largest absolute Gasteiger partial charge is 0.424 e. The van der Waals surface area contributed by atoms with Gasteiger partial charge >= 0.3 is 6.01 Å². The fourth-order valence-electron chi connectivity index (χ4n) is 2.89. The Bertz CT molecular complexity index is 834. The molecule has 0 atom stereocenters. The monoisotopic (exact) mass is 401 g/mol. The van der Waals surface area contributed by atoms with Gasteiger partial charge in [-0.2, -0.15) is 4.98 Å². The van der Waals surface area contributed by atoms with Gasteiger partial charge in [-0.3, -0.25) is 19.1 Å². The van der Waals surface area contributed by atoms with Gasteiger partial charge in [0.25, 0.3) is 5.91 Å². The molecule has 29 heavy (non-hydrogen) atoms. The molecule has 0 bridgehead atoms. The number of pyridine rings is 1. The second-order valence-corrected chi connectivity index (χ2v) is 7.17. The second kappa shape index (κ2) is 10.6. The van der Waals surface area contributed by atoms with E-state index in [4.69, 9.17) is 4.74 Å². The maximum absolute atomic E-state index is 13.3. The number of carbonyl (C=O) groups is 2. The highest BCUT2D eigenvalue weighted by atomic mass is 16.5. The fraction of sp³-hybridized carbons (Fsp3) is 0.524. The quantitative estimate of drug-likeness (QED) is 0.537. The van der Waals surface area contributed by atoms with Crippen LogP contribution in [-0.2, 0) is 11.3 Å². The summed E-state index contributed by atoms with van der Waals surface area (Å²) in [5, 5.41) is 0. The van der Waals surface area contributed by atoms with Crippen LogP contribution in [0.2, 0.25) is 0 Å². The number of hydrogen-bond donors (Lipinski definition) is 0. The lowest BCUT2D eigenvalue weighted by atomic mass is 10.2. The molecule has 0 aliphatic rings. The smallest absolute Gasteiger partial charge is 0.304 e. The molecule has 2 amide bonds. The van der Waals surface area contributed by atoms with E-state index in [2.05, 4.69) is 23.8 Å². The predicted octanol–water partition coefficient (Wildman–Crippen LogP) is 3.64. The Balaban J connectivity index is 2.53. The molecule has 8 heteroatoms.